The van der Waals surface area contributed by atoms with E-state index in [0.29, 0.717) is 0 Å². The summed E-state index contributed by atoms with van der Waals surface area (Å²) in [6, 6.07) is 9.75. The smallest absolute Gasteiger partial charge is 0.389 e. The van der Waals surface area contributed by atoms with E-state index < -0.39 is 54.3 Å². The number of H-pyrrole nitrogens is 1. The van der Waals surface area contributed by atoms with Gasteiger partial charge in [0.2, 0.25) is 11.8 Å². The van der Waals surface area contributed by atoms with Crippen molar-refractivity contribution in [3.05, 3.63) is 71.6 Å². The number of alkyl halides is 3. The first-order valence-electron chi connectivity index (χ1n) is 12.4. The van der Waals surface area contributed by atoms with E-state index >= 15 is 0 Å². The van der Waals surface area contributed by atoms with Crippen LogP contribution in [0.4, 0.5) is 13.2 Å². The number of ether oxygens (including phenoxy) is 1. The first-order valence-corrected chi connectivity index (χ1v) is 12.4. The number of hydrogen-bond donors (Lipinski definition) is 4. The molecule has 0 aliphatic carbocycles. The molecule has 3 amide bonds. The number of aromatic amines is 1. The van der Waals surface area contributed by atoms with Crippen molar-refractivity contribution < 1.29 is 37.1 Å². The summed E-state index contributed by atoms with van der Waals surface area (Å²) in [6.07, 6.45) is -2.80. The third-order valence-corrected chi connectivity index (χ3v) is 5.71. The van der Waals surface area contributed by atoms with Gasteiger partial charge in [-0.25, -0.2) is 4.79 Å². The predicted octanol–water partition coefficient (Wildman–Crippen LogP) is 3.28. The lowest BCUT2D eigenvalue weighted by Gasteiger charge is -2.22. The van der Waals surface area contributed by atoms with Gasteiger partial charge in [0.15, 0.2) is 0 Å². The number of nitrogens with one attached hydrogen (secondary N) is 3. The Labute approximate surface area is 224 Å². The summed E-state index contributed by atoms with van der Waals surface area (Å²) in [6.45, 7) is 3.18. The van der Waals surface area contributed by atoms with E-state index in [4.69, 9.17) is 10.5 Å². The van der Waals surface area contributed by atoms with Crippen molar-refractivity contribution in [2.24, 2.45) is 5.73 Å². The number of esters is 1. The highest BCUT2D eigenvalue weighted by atomic mass is 19.4. The Morgan fingerprint density at radius 1 is 1.08 bits per heavy atom. The Morgan fingerprint density at radius 2 is 1.77 bits per heavy atom. The van der Waals surface area contributed by atoms with E-state index in [2.05, 4.69) is 15.6 Å². The molecule has 1 heterocycles. The Bertz CT molecular complexity index is 1150. The van der Waals surface area contributed by atoms with Crippen LogP contribution in [0.3, 0.4) is 0 Å². The number of amides is 3. The van der Waals surface area contributed by atoms with Crippen LogP contribution in [0.2, 0.25) is 0 Å². The molecule has 5 N–H and O–H groups in total. The van der Waals surface area contributed by atoms with Crippen LogP contribution in [0, 0.1) is 0 Å². The van der Waals surface area contributed by atoms with Crippen molar-refractivity contribution >= 4 is 23.7 Å². The standard InChI is InChI=1S/C27H33F3N4O5/c1-3-39-24(36)14-10-19(9-13-23(31)35)32-26(38)22(15-18-7-5-4-6-8-18)34-25(37)21-12-11-20(33-21)17(2)16-27(28,29)30/h4-8,10-12,14,17,19,22,33H,3,9,13,15-16H2,1-2H3,(H2,31,35)(H,32,38)(H,34,37)/t17?,19-,22-/m0/s1. The molecule has 0 aliphatic rings. The van der Waals surface area contributed by atoms with E-state index in [0.717, 1.165) is 11.6 Å². The second-order valence-electron chi connectivity index (χ2n) is 8.99. The Balaban J connectivity index is 2.22. The summed E-state index contributed by atoms with van der Waals surface area (Å²) in [5.41, 5.74) is 6.20. The quantitative estimate of drug-likeness (QED) is 0.211. The van der Waals surface area contributed by atoms with Gasteiger partial charge in [-0.1, -0.05) is 43.3 Å². The highest BCUT2D eigenvalue weighted by Crippen LogP contribution is 2.30. The van der Waals surface area contributed by atoms with Crippen molar-refractivity contribution in [3.8, 4) is 0 Å². The van der Waals surface area contributed by atoms with Gasteiger partial charge in [0.05, 0.1) is 13.0 Å². The zero-order chi connectivity index (χ0) is 29.0. The van der Waals surface area contributed by atoms with Crippen molar-refractivity contribution in [1.29, 1.82) is 0 Å². The lowest BCUT2D eigenvalue weighted by atomic mass is 10.0. The average Bonchev–Trinajstić information content (AvgIpc) is 3.36. The first kappa shape index (κ1) is 31.1. The number of halogens is 3. The van der Waals surface area contributed by atoms with Crippen molar-refractivity contribution in [1.82, 2.24) is 15.6 Å². The van der Waals surface area contributed by atoms with Crippen molar-refractivity contribution in [2.75, 3.05) is 6.61 Å². The van der Waals surface area contributed by atoms with Crippen LogP contribution in [0.15, 0.2) is 54.6 Å². The Morgan fingerprint density at radius 3 is 2.38 bits per heavy atom. The minimum absolute atomic E-state index is 0.00243. The van der Waals surface area contributed by atoms with Crippen LogP contribution in [0.25, 0.3) is 0 Å². The molecule has 1 aromatic heterocycles. The summed E-state index contributed by atoms with van der Waals surface area (Å²) in [5, 5.41) is 5.33. The molecule has 12 heteroatoms. The molecule has 0 spiro atoms. The van der Waals surface area contributed by atoms with E-state index in [9.17, 15) is 32.3 Å². The number of benzene rings is 1. The van der Waals surface area contributed by atoms with Gasteiger partial charge in [-0.2, -0.15) is 13.2 Å². The fourth-order valence-electron chi connectivity index (χ4n) is 3.77. The SMILES string of the molecule is CCOC(=O)C=C[C@H](CCC(N)=O)NC(=O)[C@H](Cc1ccccc1)NC(=O)c1ccc(C(C)CC(F)(F)F)[nH]1. The fraction of sp³-hybridized carbons (Fsp3) is 0.407. The van der Waals surface area contributed by atoms with Crippen LogP contribution in [0.1, 0.15) is 60.8 Å². The van der Waals surface area contributed by atoms with Gasteiger partial charge in [-0.3, -0.25) is 14.4 Å². The number of carbonyl (C=O) groups excluding carboxylic acids is 4. The molecule has 3 atom stereocenters. The number of carbonyl (C=O) groups is 4. The fourth-order valence-corrected chi connectivity index (χ4v) is 3.77. The van der Waals surface area contributed by atoms with Crippen LogP contribution < -0.4 is 16.4 Å². The maximum atomic E-state index is 13.3. The number of hydrogen-bond acceptors (Lipinski definition) is 5. The summed E-state index contributed by atoms with van der Waals surface area (Å²) in [4.78, 5) is 52.0. The molecule has 0 aliphatic heterocycles. The minimum Gasteiger partial charge on any atom is -0.463 e. The molecule has 2 rings (SSSR count). The summed E-state index contributed by atoms with van der Waals surface area (Å²) < 4.78 is 43.2. The molecular formula is C27H33F3N4O5. The van der Waals surface area contributed by atoms with Crippen LogP contribution in [-0.2, 0) is 25.5 Å². The second kappa shape index (κ2) is 14.7. The molecule has 212 valence electrons. The number of rotatable bonds is 14. The Kier molecular flexibility index (Phi) is 11.8. The molecule has 0 saturated heterocycles. The first-order chi connectivity index (χ1) is 18.4. The molecule has 0 saturated carbocycles. The average molecular weight is 551 g/mol. The van der Waals surface area contributed by atoms with Crippen LogP contribution >= 0.6 is 0 Å². The van der Waals surface area contributed by atoms with Gasteiger partial charge in [0.25, 0.3) is 5.91 Å². The molecule has 1 unspecified atom stereocenters. The van der Waals surface area contributed by atoms with Crippen LogP contribution in [-0.4, -0.2) is 53.5 Å². The summed E-state index contributed by atoms with van der Waals surface area (Å²) in [5.74, 6) is -3.42. The van der Waals surface area contributed by atoms with Crippen molar-refractivity contribution in [2.45, 2.75) is 63.7 Å². The molecule has 0 fully saturated rings. The monoisotopic (exact) mass is 550 g/mol. The van der Waals surface area contributed by atoms with E-state index in [-0.39, 0.29) is 37.3 Å². The molecule has 1 aromatic carbocycles. The highest BCUT2D eigenvalue weighted by Gasteiger charge is 2.31. The van der Waals surface area contributed by atoms with Gasteiger partial charge >= 0.3 is 12.1 Å². The zero-order valence-electron chi connectivity index (χ0n) is 21.7. The van der Waals surface area contributed by atoms with E-state index in [1.165, 1.54) is 25.1 Å². The topological polar surface area (TPSA) is 143 Å². The number of primary amides is 1. The normalized spacial score (nSPS) is 13.9. The Hall–Kier alpha value is -4.09. The lowest BCUT2D eigenvalue weighted by molar-refractivity contribution is -0.138. The predicted molar refractivity (Wildman–Crippen MR) is 137 cm³/mol. The molecular weight excluding hydrogens is 517 g/mol. The molecule has 0 radical (unpaired) electrons. The van der Waals surface area contributed by atoms with E-state index in [1.54, 1.807) is 37.3 Å². The zero-order valence-corrected chi connectivity index (χ0v) is 21.7. The third-order valence-electron chi connectivity index (χ3n) is 5.71. The molecule has 2 aromatic rings. The highest BCUT2D eigenvalue weighted by molar-refractivity contribution is 5.96. The number of aromatic nitrogens is 1. The number of nitrogens with two attached hydrogens (primary N) is 1. The van der Waals surface area contributed by atoms with Gasteiger partial charge in [-0.05, 0) is 31.0 Å². The maximum absolute atomic E-state index is 13.3. The second-order valence-corrected chi connectivity index (χ2v) is 8.99. The third kappa shape index (κ3) is 11.5. The van der Waals surface area contributed by atoms with Crippen LogP contribution in [0.5, 0.6) is 0 Å². The minimum atomic E-state index is -4.36. The molecule has 9 nitrogen and oxygen atoms in total. The van der Waals surface area contributed by atoms with Gasteiger partial charge in [0.1, 0.15) is 11.7 Å². The van der Waals surface area contributed by atoms with Crippen molar-refractivity contribution in [3.63, 3.8) is 0 Å². The lowest BCUT2D eigenvalue weighted by Crippen LogP contribution is -2.50. The molecule has 0 bridgehead atoms. The maximum Gasteiger partial charge on any atom is 0.389 e. The van der Waals surface area contributed by atoms with Gasteiger partial charge < -0.3 is 26.1 Å². The largest absolute Gasteiger partial charge is 0.463 e. The van der Waals surface area contributed by atoms with Gasteiger partial charge in [0, 0.05) is 36.6 Å². The summed E-state index contributed by atoms with van der Waals surface area (Å²) in [7, 11) is 0. The van der Waals surface area contributed by atoms with E-state index in [1.807, 2.05) is 0 Å². The molecule has 39 heavy (non-hydrogen) atoms. The van der Waals surface area contributed by atoms with Gasteiger partial charge in [-0.15, -0.1) is 0 Å². The summed E-state index contributed by atoms with van der Waals surface area (Å²) >= 11 is 0.